The lowest BCUT2D eigenvalue weighted by atomic mass is 10.1. The van der Waals surface area contributed by atoms with Crippen LogP contribution in [0.1, 0.15) is 22.3 Å². The highest BCUT2D eigenvalue weighted by Crippen LogP contribution is 2.23. The van der Waals surface area contributed by atoms with Gasteiger partial charge in [0.1, 0.15) is 5.75 Å². The molecule has 0 aliphatic carbocycles. The van der Waals surface area contributed by atoms with Gasteiger partial charge in [-0.05, 0) is 47.5 Å². The molecule has 0 aliphatic rings. The lowest BCUT2D eigenvalue weighted by Crippen LogP contribution is -2.10. The van der Waals surface area contributed by atoms with Gasteiger partial charge in [0.2, 0.25) is 0 Å². The maximum Gasteiger partial charge on any atom is 0.123 e. The zero-order valence-electron chi connectivity index (χ0n) is 13.7. The highest BCUT2D eigenvalue weighted by molar-refractivity contribution is 7.55. The van der Waals surface area contributed by atoms with Crippen molar-refractivity contribution >= 4 is 19.2 Å². The van der Waals surface area contributed by atoms with E-state index in [1.54, 1.807) is 6.07 Å². The molecule has 0 aliphatic heterocycles. The molecule has 0 aromatic heterocycles. The minimum absolute atomic E-state index is 0.0223. The van der Waals surface area contributed by atoms with E-state index in [1.807, 2.05) is 49.4 Å². The molecule has 1 unspecified atom stereocenters. The molecule has 0 spiro atoms. The number of rotatable bonds is 5. The van der Waals surface area contributed by atoms with Crippen LogP contribution in [0.25, 0.3) is 0 Å². The number of aliphatic hydroxyl groups is 1. The van der Waals surface area contributed by atoms with E-state index < -0.39 is 0 Å². The minimum Gasteiger partial charge on any atom is -0.507 e. The topological polar surface area (TPSA) is 40.5 Å². The number of hydrogen-bond acceptors (Lipinski definition) is 2. The molecule has 0 radical (unpaired) electrons. The zero-order chi connectivity index (χ0) is 16.9. The van der Waals surface area contributed by atoms with E-state index in [9.17, 15) is 10.2 Å². The second-order valence-electron chi connectivity index (χ2n) is 5.96. The first-order valence-electron chi connectivity index (χ1n) is 7.99. The third-order valence-corrected chi connectivity index (χ3v) is 5.44. The number of aliphatic hydroxyl groups excluding tert-OH is 1. The molecule has 1 atom stereocenters. The highest BCUT2D eigenvalue weighted by atomic mass is 31.1. The second kappa shape index (κ2) is 7.61. The van der Waals surface area contributed by atoms with Crippen LogP contribution in [-0.2, 0) is 13.0 Å². The standard InChI is InChI=1S/C21H21O2P/c1-15-7-10-20(18(11-15)14-22)24-21-13-17(8-9-19(21)23)12-16-5-3-2-4-6-16/h2-11,13,22-24H,12,14H2,1H3. The Morgan fingerprint density at radius 1 is 0.833 bits per heavy atom. The van der Waals surface area contributed by atoms with Crippen molar-refractivity contribution < 1.29 is 10.2 Å². The summed E-state index contributed by atoms with van der Waals surface area (Å²) in [6, 6.07) is 22.2. The monoisotopic (exact) mass is 336 g/mol. The first-order valence-corrected chi connectivity index (χ1v) is 8.99. The minimum atomic E-state index is 0.0223. The molecule has 0 saturated carbocycles. The summed E-state index contributed by atoms with van der Waals surface area (Å²) in [5, 5.41) is 21.8. The maximum absolute atomic E-state index is 10.2. The molecule has 0 heterocycles. The van der Waals surface area contributed by atoms with E-state index in [0.29, 0.717) is 14.3 Å². The van der Waals surface area contributed by atoms with Gasteiger partial charge in [0.25, 0.3) is 0 Å². The molecule has 24 heavy (non-hydrogen) atoms. The van der Waals surface area contributed by atoms with E-state index >= 15 is 0 Å². The Kier molecular flexibility index (Phi) is 5.30. The van der Waals surface area contributed by atoms with Gasteiger partial charge in [0, 0.05) is 5.30 Å². The second-order valence-corrected chi connectivity index (χ2v) is 7.28. The summed E-state index contributed by atoms with van der Waals surface area (Å²) in [7, 11) is 0.325. The predicted octanol–water partition coefficient (Wildman–Crippen LogP) is 3.41. The number of aryl methyl sites for hydroxylation is 1. The number of phenolic OH excluding ortho intramolecular Hbond substituents is 1. The Hall–Kier alpha value is -2.15. The van der Waals surface area contributed by atoms with E-state index in [-0.39, 0.29) is 6.61 Å². The van der Waals surface area contributed by atoms with Crippen molar-refractivity contribution in [3.8, 4) is 5.75 Å². The van der Waals surface area contributed by atoms with Crippen molar-refractivity contribution in [2.45, 2.75) is 20.0 Å². The fourth-order valence-electron chi connectivity index (χ4n) is 2.75. The van der Waals surface area contributed by atoms with Gasteiger partial charge in [-0.1, -0.05) is 68.7 Å². The van der Waals surface area contributed by atoms with Gasteiger partial charge in [-0.15, -0.1) is 0 Å². The van der Waals surface area contributed by atoms with Gasteiger partial charge < -0.3 is 10.2 Å². The van der Waals surface area contributed by atoms with Crippen LogP contribution in [0.2, 0.25) is 0 Å². The number of hydrogen-bond donors (Lipinski definition) is 2. The summed E-state index contributed by atoms with van der Waals surface area (Å²) >= 11 is 0. The largest absolute Gasteiger partial charge is 0.507 e. The lowest BCUT2D eigenvalue weighted by molar-refractivity contribution is 0.283. The molecular weight excluding hydrogens is 315 g/mol. The lowest BCUT2D eigenvalue weighted by Gasteiger charge is -2.12. The average Bonchev–Trinajstić information content (AvgIpc) is 2.60. The fourth-order valence-corrected chi connectivity index (χ4v) is 3.98. The molecule has 122 valence electrons. The summed E-state index contributed by atoms with van der Waals surface area (Å²) in [6.45, 7) is 2.04. The van der Waals surface area contributed by atoms with E-state index in [2.05, 4.69) is 18.2 Å². The van der Waals surface area contributed by atoms with Gasteiger partial charge in [0.05, 0.1) is 6.61 Å². The molecule has 2 N–H and O–H groups in total. The summed E-state index contributed by atoms with van der Waals surface area (Å²) in [5.74, 6) is 0.314. The quantitative estimate of drug-likeness (QED) is 0.701. The molecule has 0 amide bonds. The predicted molar refractivity (Wildman–Crippen MR) is 102 cm³/mol. The third kappa shape index (κ3) is 4.03. The molecule has 3 aromatic rings. The van der Waals surface area contributed by atoms with Crippen molar-refractivity contribution in [3.63, 3.8) is 0 Å². The number of phenols is 1. The summed E-state index contributed by atoms with van der Waals surface area (Å²) in [4.78, 5) is 0. The smallest absolute Gasteiger partial charge is 0.123 e. The highest BCUT2D eigenvalue weighted by Gasteiger charge is 2.08. The number of benzene rings is 3. The van der Waals surface area contributed by atoms with E-state index in [4.69, 9.17) is 0 Å². The Morgan fingerprint density at radius 2 is 1.62 bits per heavy atom. The summed E-state index contributed by atoms with van der Waals surface area (Å²) in [6.07, 6.45) is 0.847. The molecule has 0 bridgehead atoms. The summed E-state index contributed by atoms with van der Waals surface area (Å²) < 4.78 is 0. The molecule has 3 rings (SSSR count). The Labute approximate surface area is 144 Å². The third-order valence-electron chi connectivity index (χ3n) is 4.01. The molecule has 0 fully saturated rings. The van der Waals surface area contributed by atoms with Crippen LogP contribution in [0.3, 0.4) is 0 Å². The number of aromatic hydroxyl groups is 1. The summed E-state index contributed by atoms with van der Waals surface area (Å²) in [5.41, 5.74) is 4.50. The van der Waals surface area contributed by atoms with Crippen LogP contribution in [-0.4, -0.2) is 10.2 Å². The molecule has 3 aromatic carbocycles. The van der Waals surface area contributed by atoms with Crippen molar-refractivity contribution in [1.29, 1.82) is 0 Å². The van der Waals surface area contributed by atoms with Crippen molar-refractivity contribution in [3.05, 3.63) is 89.0 Å². The van der Waals surface area contributed by atoms with E-state index in [1.165, 1.54) is 11.1 Å². The Morgan fingerprint density at radius 3 is 2.38 bits per heavy atom. The molecule has 2 nitrogen and oxygen atoms in total. The maximum atomic E-state index is 10.2. The van der Waals surface area contributed by atoms with Crippen LogP contribution in [0, 0.1) is 6.92 Å². The Balaban J connectivity index is 1.87. The average molecular weight is 336 g/mol. The molecule has 0 saturated heterocycles. The molecule has 3 heteroatoms. The first kappa shape index (κ1) is 16.7. The van der Waals surface area contributed by atoms with Gasteiger partial charge in [0.15, 0.2) is 0 Å². The Bertz CT molecular complexity index is 828. The van der Waals surface area contributed by atoms with Crippen LogP contribution in [0.15, 0.2) is 66.7 Å². The molecular formula is C21H21O2P. The van der Waals surface area contributed by atoms with Crippen molar-refractivity contribution in [2.75, 3.05) is 0 Å². The van der Waals surface area contributed by atoms with Gasteiger partial charge in [-0.2, -0.15) is 0 Å². The normalized spacial score (nSPS) is 11.2. The van der Waals surface area contributed by atoms with Gasteiger partial charge in [-0.3, -0.25) is 0 Å². The SMILES string of the molecule is Cc1ccc(Pc2cc(Cc3ccccc3)ccc2O)c(CO)c1. The van der Waals surface area contributed by atoms with Crippen molar-refractivity contribution in [2.24, 2.45) is 0 Å². The van der Waals surface area contributed by atoms with Crippen LogP contribution >= 0.6 is 8.58 Å². The zero-order valence-corrected chi connectivity index (χ0v) is 14.7. The first-order chi connectivity index (χ1) is 11.7. The van der Waals surface area contributed by atoms with Crippen molar-refractivity contribution in [1.82, 2.24) is 0 Å². The van der Waals surface area contributed by atoms with E-state index in [0.717, 1.165) is 28.2 Å². The van der Waals surface area contributed by atoms with Crippen LogP contribution in [0.4, 0.5) is 0 Å². The van der Waals surface area contributed by atoms with Crippen LogP contribution < -0.4 is 10.6 Å². The fraction of sp³-hybridized carbons (Fsp3) is 0.143. The van der Waals surface area contributed by atoms with Crippen LogP contribution in [0.5, 0.6) is 5.75 Å². The van der Waals surface area contributed by atoms with Gasteiger partial charge in [-0.25, -0.2) is 0 Å². The van der Waals surface area contributed by atoms with Gasteiger partial charge >= 0.3 is 0 Å².